The number of non-ortho nitro benzene ring substituents is 1. The molecule has 0 aliphatic carbocycles. The number of rotatable bonds is 10. The molecule has 1 unspecified atom stereocenters. The zero-order chi connectivity index (χ0) is 27.4. The fourth-order valence-electron chi connectivity index (χ4n) is 3.43. The Bertz CT molecular complexity index is 1360. The molecule has 38 heavy (non-hydrogen) atoms. The molecule has 2 aliphatic heterocycles. The van der Waals surface area contributed by atoms with Crippen LogP contribution in [-0.4, -0.2) is 69.0 Å². The van der Waals surface area contributed by atoms with Crippen LogP contribution in [0.3, 0.4) is 0 Å². The SMILES string of the molecule is CON=C(C(=O)NC1C(=O)N2C=C(C(=O)OCc3ccc([N+](=O)[O-])cc3)CS[C@H]12)c1nc(NC=O)sc1Br. The number of ether oxygens (including phenoxy) is 1. The third kappa shape index (κ3) is 5.68. The number of fused-ring (bicyclic) bond motifs is 1. The summed E-state index contributed by atoms with van der Waals surface area (Å²) in [4.78, 5) is 69.4. The molecule has 17 heteroatoms. The van der Waals surface area contributed by atoms with Crippen LogP contribution in [-0.2, 0) is 35.4 Å². The van der Waals surface area contributed by atoms with E-state index in [2.05, 4.69) is 36.7 Å². The minimum atomic E-state index is -0.881. The van der Waals surface area contributed by atoms with Crippen molar-refractivity contribution < 1.29 is 33.7 Å². The number of hydrogen-bond acceptors (Lipinski definition) is 12. The summed E-state index contributed by atoms with van der Waals surface area (Å²) in [6.45, 7) is -0.0905. The van der Waals surface area contributed by atoms with E-state index in [1.165, 1.54) is 54.2 Å². The van der Waals surface area contributed by atoms with Gasteiger partial charge < -0.3 is 25.1 Å². The molecule has 198 valence electrons. The smallest absolute Gasteiger partial charge is 0.336 e. The van der Waals surface area contributed by atoms with Gasteiger partial charge in [-0.25, -0.2) is 9.78 Å². The van der Waals surface area contributed by atoms with Crippen LogP contribution in [0.1, 0.15) is 11.3 Å². The van der Waals surface area contributed by atoms with E-state index in [0.29, 0.717) is 15.8 Å². The Morgan fingerprint density at radius 2 is 2.11 bits per heavy atom. The van der Waals surface area contributed by atoms with Crippen molar-refractivity contribution in [3.8, 4) is 0 Å². The first-order chi connectivity index (χ1) is 18.2. The van der Waals surface area contributed by atoms with Gasteiger partial charge in [0.15, 0.2) is 10.8 Å². The number of carbonyl (C=O) groups excluding carboxylic acids is 4. The van der Waals surface area contributed by atoms with Gasteiger partial charge in [0.1, 0.15) is 34.6 Å². The molecule has 0 radical (unpaired) electrons. The molecule has 2 atom stereocenters. The minimum absolute atomic E-state index is 0.0741. The van der Waals surface area contributed by atoms with Crippen molar-refractivity contribution in [3.05, 3.63) is 61.2 Å². The molecular weight excluding hydrogens is 608 g/mol. The molecule has 4 rings (SSSR count). The van der Waals surface area contributed by atoms with Crippen LogP contribution in [0.5, 0.6) is 0 Å². The van der Waals surface area contributed by atoms with E-state index >= 15 is 0 Å². The molecule has 2 aromatic rings. The van der Waals surface area contributed by atoms with Crippen LogP contribution in [0.25, 0.3) is 0 Å². The molecule has 0 bridgehead atoms. The van der Waals surface area contributed by atoms with Gasteiger partial charge in [-0.3, -0.25) is 24.5 Å². The Morgan fingerprint density at radius 1 is 1.37 bits per heavy atom. The number of benzene rings is 1. The van der Waals surface area contributed by atoms with Crippen molar-refractivity contribution in [3.63, 3.8) is 0 Å². The van der Waals surface area contributed by atoms with Gasteiger partial charge >= 0.3 is 5.97 Å². The molecule has 3 heterocycles. The van der Waals surface area contributed by atoms with Gasteiger partial charge in [-0.05, 0) is 33.6 Å². The number of anilines is 1. The molecule has 3 amide bonds. The van der Waals surface area contributed by atoms with Gasteiger partial charge in [0.25, 0.3) is 17.5 Å². The molecule has 2 aliphatic rings. The molecular formula is C21H17BrN6O8S2. The van der Waals surface area contributed by atoms with Crippen LogP contribution < -0.4 is 10.6 Å². The zero-order valence-corrected chi connectivity index (χ0v) is 22.5. The predicted molar refractivity (Wildman–Crippen MR) is 139 cm³/mol. The Labute approximate surface area is 230 Å². The monoisotopic (exact) mass is 624 g/mol. The number of nitro benzene ring substituents is 1. The lowest BCUT2D eigenvalue weighted by Crippen LogP contribution is -2.69. The number of carbonyl (C=O) groups is 4. The molecule has 0 saturated carbocycles. The second-order valence-electron chi connectivity index (χ2n) is 7.58. The van der Waals surface area contributed by atoms with E-state index < -0.39 is 34.1 Å². The van der Waals surface area contributed by atoms with Crippen LogP contribution in [0.15, 0.2) is 45.0 Å². The first kappa shape index (κ1) is 27.2. The Morgan fingerprint density at radius 3 is 2.76 bits per heavy atom. The first-order valence-electron chi connectivity index (χ1n) is 10.6. The summed E-state index contributed by atoms with van der Waals surface area (Å²) in [6.07, 6.45) is 1.83. The van der Waals surface area contributed by atoms with Crippen LogP contribution in [0.4, 0.5) is 10.8 Å². The second-order valence-corrected chi connectivity index (χ2v) is 11.0. The van der Waals surface area contributed by atoms with Crippen molar-refractivity contribution in [2.75, 3.05) is 18.2 Å². The molecule has 1 saturated heterocycles. The average Bonchev–Trinajstić information content (AvgIpc) is 3.28. The van der Waals surface area contributed by atoms with E-state index in [1.807, 2.05) is 0 Å². The number of amides is 3. The predicted octanol–water partition coefficient (Wildman–Crippen LogP) is 1.76. The number of esters is 1. The van der Waals surface area contributed by atoms with Crippen molar-refractivity contribution in [2.24, 2.45) is 5.16 Å². The highest BCUT2D eigenvalue weighted by Gasteiger charge is 2.50. The number of halogens is 1. The highest BCUT2D eigenvalue weighted by Crippen LogP contribution is 2.37. The van der Waals surface area contributed by atoms with Gasteiger partial charge in [-0.2, -0.15) is 0 Å². The highest BCUT2D eigenvalue weighted by atomic mass is 79.9. The van der Waals surface area contributed by atoms with E-state index in [1.54, 1.807) is 0 Å². The first-order valence-corrected chi connectivity index (χ1v) is 13.2. The van der Waals surface area contributed by atoms with Crippen molar-refractivity contribution in [1.29, 1.82) is 0 Å². The van der Waals surface area contributed by atoms with Crippen molar-refractivity contribution in [1.82, 2.24) is 15.2 Å². The number of β-lactam (4-membered cyclic amide) rings is 1. The summed E-state index contributed by atoms with van der Waals surface area (Å²) >= 11 is 5.61. The second kappa shape index (κ2) is 11.7. The van der Waals surface area contributed by atoms with Crippen LogP contribution in [0.2, 0.25) is 0 Å². The number of thioether (sulfide) groups is 1. The molecule has 14 nitrogen and oxygen atoms in total. The molecule has 1 aromatic carbocycles. The van der Waals surface area contributed by atoms with Crippen molar-refractivity contribution in [2.45, 2.75) is 18.0 Å². The van der Waals surface area contributed by atoms with Gasteiger partial charge in [0.05, 0.1) is 10.5 Å². The lowest BCUT2D eigenvalue weighted by Gasteiger charge is -2.47. The maximum absolute atomic E-state index is 13.0. The summed E-state index contributed by atoms with van der Waals surface area (Å²) in [7, 11) is 1.25. The molecule has 0 spiro atoms. The highest BCUT2D eigenvalue weighted by molar-refractivity contribution is 9.11. The normalized spacial score (nSPS) is 18.5. The summed E-state index contributed by atoms with van der Waals surface area (Å²) < 4.78 is 5.69. The largest absolute Gasteiger partial charge is 0.457 e. The summed E-state index contributed by atoms with van der Waals surface area (Å²) in [5.74, 6) is -1.55. The van der Waals surface area contributed by atoms with Crippen LogP contribution >= 0.6 is 39.0 Å². The quantitative estimate of drug-likeness (QED) is 0.0986. The minimum Gasteiger partial charge on any atom is -0.457 e. The van der Waals surface area contributed by atoms with Gasteiger partial charge in [0.2, 0.25) is 6.41 Å². The third-order valence-electron chi connectivity index (χ3n) is 5.24. The topological polar surface area (TPSA) is 182 Å². The fraction of sp³-hybridized carbons (Fsp3) is 0.238. The lowest BCUT2D eigenvalue weighted by atomic mass is 10.1. The number of aromatic nitrogens is 1. The lowest BCUT2D eigenvalue weighted by molar-refractivity contribution is -0.384. The summed E-state index contributed by atoms with van der Waals surface area (Å²) in [5, 5.41) is 19.3. The van der Waals surface area contributed by atoms with E-state index in [9.17, 15) is 29.3 Å². The summed E-state index contributed by atoms with van der Waals surface area (Å²) in [6, 6.07) is 4.72. The molecule has 2 N–H and O–H groups in total. The number of nitro groups is 1. The summed E-state index contributed by atoms with van der Waals surface area (Å²) in [5.41, 5.74) is 0.678. The fourth-order valence-corrected chi connectivity index (χ4v) is 6.07. The number of nitrogens with one attached hydrogen (secondary N) is 2. The maximum atomic E-state index is 13.0. The number of thiazole rings is 1. The van der Waals surface area contributed by atoms with E-state index in [4.69, 9.17) is 9.57 Å². The Kier molecular flexibility index (Phi) is 8.38. The maximum Gasteiger partial charge on any atom is 0.336 e. The average molecular weight is 625 g/mol. The zero-order valence-electron chi connectivity index (χ0n) is 19.3. The van der Waals surface area contributed by atoms with Gasteiger partial charge in [-0.1, -0.05) is 16.5 Å². The number of oxime groups is 1. The number of nitrogens with zero attached hydrogens (tertiary/aromatic N) is 4. The van der Waals surface area contributed by atoms with E-state index in [0.717, 1.165) is 11.3 Å². The van der Waals surface area contributed by atoms with E-state index in [-0.39, 0.29) is 40.2 Å². The van der Waals surface area contributed by atoms with Crippen LogP contribution in [0, 0.1) is 10.1 Å². The van der Waals surface area contributed by atoms with Gasteiger partial charge in [-0.15, -0.1) is 11.8 Å². The van der Waals surface area contributed by atoms with Crippen molar-refractivity contribution >= 4 is 79.8 Å². The molecule has 1 aromatic heterocycles. The standard InChI is InChI=1S/C21H17BrN6O8S2/c1-35-26-14(13-16(22)38-21(25-13)23-9-29)17(30)24-15-18(31)27-6-11(8-37-19(15)27)20(32)36-7-10-2-4-12(5-3-10)28(33)34/h2-6,9,15,19H,7-8H2,1H3,(H,24,30)(H,23,25,29)/t15?,19-/m1/s1. The number of hydrogen-bond donors (Lipinski definition) is 2. The third-order valence-corrected chi connectivity index (χ3v) is 8.20. The van der Waals surface area contributed by atoms with Gasteiger partial charge in [0, 0.05) is 24.1 Å². The molecule has 1 fully saturated rings. The Hall–Kier alpha value is -3.83. The Balaban J connectivity index is 1.37.